The van der Waals surface area contributed by atoms with Gasteiger partial charge in [0.25, 0.3) is 0 Å². The molecule has 5 heteroatoms. The standard InChI is InChI=1S/C8H13FO2.2CH2O/c1-4-6-5(2)8(3,9)7(10)11-6;2*1-2/h5-6H,4H2,1-3H3;2*1H2/t5-,6-,8-;;/m1../s1. The lowest BCUT2D eigenvalue weighted by Crippen LogP contribution is -2.31. The summed E-state index contributed by atoms with van der Waals surface area (Å²) < 4.78 is 18.2. The highest BCUT2D eigenvalue weighted by Crippen LogP contribution is 2.36. The molecule has 1 rings (SSSR count). The van der Waals surface area contributed by atoms with Crippen molar-refractivity contribution in [2.45, 2.75) is 39.0 Å². The monoisotopic (exact) mass is 220 g/mol. The van der Waals surface area contributed by atoms with Crippen LogP contribution in [0.5, 0.6) is 0 Å². The fraction of sp³-hybridized carbons (Fsp3) is 0.700. The molecule has 1 aliphatic heterocycles. The first-order chi connectivity index (χ1) is 7.00. The second kappa shape index (κ2) is 7.09. The molecule has 1 heterocycles. The van der Waals surface area contributed by atoms with Crippen molar-refractivity contribution in [3.63, 3.8) is 0 Å². The molecule has 0 radical (unpaired) electrons. The molecule has 0 aromatic heterocycles. The average molecular weight is 220 g/mol. The number of alkyl halides is 1. The van der Waals surface area contributed by atoms with Crippen LogP contribution < -0.4 is 0 Å². The largest absolute Gasteiger partial charge is 0.460 e. The van der Waals surface area contributed by atoms with Gasteiger partial charge in [-0.25, -0.2) is 9.18 Å². The predicted octanol–water partition coefficient (Wildman–Crippen LogP) is 1.32. The van der Waals surface area contributed by atoms with E-state index in [0.29, 0.717) is 6.42 Å². The maximum Gasteiger partial charge on any atom is 0.344 e. The zero-order chi connectivity index (χ0) is 12.6. The molecule has 0 aliphatic carbocycles. The van der Waals surface area contributed by atoms with Gasteiger partial charge in [-0.2, -0.15) is 0 Å². The third-order valence-electron chi connectivity index (χ3n) is 2.47. The number of hydrogen-bond donors (Lipinski definition) is 0. The van der Waals surface area contributed by atoms with E-state index in [1.54, 1.807) is 6.92 Å². The Hall–Kier alpha value is -1.26. The minimum Gasteiger partial charge on any atom is -0.460 e. The number of carbonyl (C=O) groups is 3. The van der Waals surface area contributed by atoms with Crippen molar-refractivity contribution in [2.24, 2.45) is 5.92 Å². The molecule has 15 heavy (non-hydrogen) atoms. The Labute approximate surface area is 88.8 Å². The first-order valence-electron chi connectivity index (χ1n) is 4.47. The highest BCUT2D eigenvalue weighted by molar-refractivity contribution is 5.81. The van der Waals surface area contributed by atoms with E-state index in [2.05, 4.69) is 0 Å². The Bertz CT molecular complexity index is 204. The van der Waals surface area contributed by atoms with E-state index < -0.39 is 11.6 Å². The van der Waals surface area contributed by atoms with Crippen molar-refractivity contribution in [1.29, 1.82) is 0 Å². The lowest BCUT2D eigenvalue weighted by atomic mass is 9.90. The van der Waals surface area contributed by atoms with Gasteiger partial charge in [-0.1, -0.05) is 13.8 Å². The van der Waals surface area contributed by atoms with Gasteiger partial charge in [-0.15, -0.1) is 0 Å². The van der Waals surface area contributed by atoms with E-state index in [1.807, 2.05) is 20.5 Å². The third-order valence-corrected chi connectivity index (χ3v) is 2.47. The second-order valence-electron chi connectivity index (χ2n) is 3.22. The molecule has 4 nitrogen and oxygen atoms in total. The summed E-state index contributed by atoms with van der Waals surface area (Å²) in [7, 11) is 0. The molecule has 0 aromatic rings. The van der Waals surface area contributed by atoms with Crippen LogP contribution in [0.3, 0.4) is 0 Å². The average Bonchev–Trinajstić information content (AvgIpc) is 2.47. The lowest BCUT2D eigenvalue weighted by Gasteiger charge is -2.15. The van der Waals surface area contributed by atoms with Crippen molar-refractivity contribution >= 4 is 19.5 Å². The smallest absolute Gasteiger partial charge is 0.344 e. The molecular weight excluding hydrogens is 203 g/mol. The topological polar surface area (TPSA) is 60.4 Å². The van der Waals surface area contributed by atoms with Crippen LogP contribution in [0, 0.1) is 5.92 Å². The van der Waals surface area contributed by atoms with Gasteiger partial charge in [-0.05, 0) is 13.3 Å². The molecule has 88 valence electrons. The maximum absolute atomic E-state index is 13.4. The van der Waals surface area contributed by atoms with Crippen molar-refractivity contribution < 1.29 is 23.5 Å². The number of carbonyl (C=O) groups excluding carboxylic acids is 3. The van der Waals surface area contributed by atoms with Gasteiger partial charge in [0.15, 0.2) is 0 Å². The van der Waals surface area contributed by atoms with Gasteiger partial charge >= 0.3 is 5.97 Å². The van der Waals surface area contributed by atoms with E-state index in [9.17, 15) is 9.18 Å². The van der Waals surface area contributed by atoms with E-state index in [4.69, 9.17) is 14.3 Å². The first-order valence-corrected chi connectivity index (χ1v) is 4.47. The van der Waals surface area contributed by atoms with E-state index >= 15 is 0 Å². The summed E-state index contributed by atoms with van der Waals surface area (Å²) in [6.45, 7) is 8.88. The molecule has 1 fully saturated rings. The van der Waals surface area contributed by atoms with Crippen molar-refractivity contribution in [1.82, 2.24) is 0 Å². The number of rotatable bonds is 1. The number of halogens is 1. The summed E-state index contributed by atoms with van der Waals surface area (Å²) in [6.07, 6.45) is 0.448. The van der Waals surface area contributed by atoms with Crippen LogP contribution >= 0.6 is 0 Å². The van der Waals surface area contributed by atoms with Crippen molar-refractivity contribution in [2.75, 3.05) is 0 Å². The molecule has 0 aromatic carbocycles. The zero-order valence-corrected chi connectivity index (χ0v) is 9.29. The highest BCUT2D eigenvalue weighted by Gasteiger charge is 2.51. The quantitative estimate of drug-likeness (QED) is 0.625. The lowest BCUT2D eigenvalue weighted by molar-refractivity contribution is -0.149. The molecule has 3 atom stereocenters. The van der Waals surface area contributed by atoms with Gasteiger partial charge < -0.3 is 14.3 Å². The molecule has 1 aliphatic rings. The maximum atomic E-state index is 13.4. The van der Waals surface area contributed by atoms with Crippen molar-refractivity contribution in [3.05, 3.63) is 0 Å². The van der Waals surface area contributed by atoms with Gasteiger partial charge in [0.1, 0.15) is 19.7 Å². The fourth-order valence-electron chi connectivity index (χ4n) is 1.33. The Morgan fingerprint density at radius 2 is 1.80 bits per heavy atom. The SMILES string of the molecule is C=O.C=O.CC[C@H]1OC(=O)[C@](C)(F)[C@@H]1C. The number of hydrogen-bond acceptors (Lipinski definition) is 4. The second-order valence-corrected chi connectivity index (χ2v) is 3.22. The Kier molecular flexibility index (Phi) is 7.65. The van der Waals surface area contributed by atoms with Crippen LogP contribution in [0.25, 0.3) is 0 Å². The molecule has 1 saturated heterocycles. The summed E-state index contributed by atoms with van der Waals surface area (Å²) >= 11 is 0. The molecule has 0 N–H and O–H groups in total. The summed E-state index contributed by atoms with van der Waals surface area (Å²) in [6, 6.07) is 0. The molecular formula is C10H17FO4. The van der Waals surface area contributed by atoms with Crippen LogP contribution in [0.15, 0.2) is 0 Å². The Morgan fingerprint density at radius 1 is 1.40 bits per heavy atom. The number of esters is 1. The summed E-state index contributed by atoms with van der Waals surface area (Å²) in [5, 5.41) is 0. The normalized spacial score (nSPS) is 32.9. The van der Waals surface area contributed by atoms with Crippen molar-refractivity contribution in [3.8, 4) is 0 Å². The van der Waals surface area contributed by atoms with Crippen LogP contribution in [0.4, 0.5) is 4.39 Å². The van der Waals surface area contributed by atoms with Crippen LogP contribution in [-0.2, 0) is 19.1 Å². The molecule has 0 unspecified atom stereocenters. The Balaban J connectivity index is 0. The highest BCUT2D eigenvalue weighted by atomic mass is 19.1. The molecule has 0 spiro atoms. The van der Waals surface area contributed by atoms with Gasteiger partial charge in [0, 0.05) is 5.92 Å². The first kappa shape index (κ1) is 16.2. The van der Waals surface area contributed by atoms with Crippen LogP contribution in [0.1, 0.15) is 27.2 Å². The molecule has 0 saturated carbocycles. The summed E-state index contributed by atoms with van der Waals surface area (Å²) in [4.78, 5) is 26.9. The minimum atomic E-state index is -1.78. The summed E-state index contributed by atoms with van der Waals surface area (Å²) in [5.41, 5.74) is -1.78. The summed E-state index contributed by atoms with van der Waals surface area (Å²) in [5.74, 6) is -1.03. The Morgan fingerprint density at radius 3 is 1.93 bits per heavy atom. The van der Waals surface area contributed by atoms with Crippen LogP contribution in [0.2, 0.25) is 0 Å². The zero-order valence-electron chi connectivity index (χ0n) is 9.29. The van der Waals surface area contributed by atoms with E-state index in [1.165, 1.54) is 6.92 Å². The molecule has 0 bridgehead atoms. The predicted molar refractivity (Wildman–Crippen MR) is 53.1 cm³/mol. The third kappa shape index (κ3) is 3.42. The van der Waals surface area contributed by atoms with E-state index in [0.717, 1.165) is 0 Å². The van der Waals surface area contributed by atoms with Crippen LogP contribution in [-0.4, -0.2) is 31.3 Å². The van der Waals surface area contributed by atoms with Gasteiger partial charge in [0.05, 0.1) is 0 Å². The minimum absolute atomic E-state index is 0.238. The number of cyclic esters (lactones) is 1. The molecule has 0 amide bonds. The number of ether oxygens (including phenoxy) is 1. The van der Waals surface area contributed by atoms with E-state index in [-0.39, 0.29) is 12.0 Å². The van der Waals surface area contributed by atoms with Gasteiger partial charge in [0.2, 0.25) is 5.67 Å². The fourth-order valence-corrected chi connectivity index (χ4v) is 1.33. The van der Waals surface area contributed by atoms with Gasteiger partial charge in [-0.3, -0.25) is 0 Å².